The number of carboxylic acids is 1. The van der Waals surface area contributed by atoms with E-state index in [1.165, 1.54) is 37.4 Å². The molecule has 0 bridgehead atoms. The van der Waals surface area contributed by atoms with Crippen LogP contribution in [0.15, 0.2) is 40.9 Å². The number of carboxylic acid groups (broad SMARTS) is 1. The molecule has 0 heterocycles. The van der Waals surface area contributed by atoms with Crippen molar-refractivity contribution in [1.82, 2.24) is 0 Å². The SMILES string of the molecule is COc1ccc(CC(=O)Nc2ccc(C(=O)O)c(Br)c2)c(C(F)(F)F)c1. The molecule has 2 aromatic carbocycles. The lowest BCUT2D eigenvalue weighted by atomic mass is 10.0. The van der Waals surface area contributed by atoms with Gasteiger partial charge in [-0.05, 0) is 51.8 Å². The largest absolute Gasteiger partial charge is 0.497 e. The minimum absolute atomic E-state index is 0.00230. The minimum Gasteiger partial charge on any atom is -0.497 e. The number of alkyl halides is 3. The first-order valence-corrected chi connectivity index (χ1v) is 7.98. The number of amides is 1. The first-order chi connectivity index (χ1) is 12.1. The van der Waals surface area contributed by atoms with Gasteiger partial charge in [-0.3, -0.25) is 4.79 Å². The summed E-state index contributed by atoms with van der Waals surface area (Å²) in [5, 5.41) is 11.4. The van der Waals surface area contributed by atoms with Crippen molar-refractivity contribution in [3.8, 4) is 5.75 Å². The molecule has 2 N–H and O–H groups in total. The summed E-state index contributed by atoms with van der Waals surface area (Å²) in [6, 6.07) is 7.35. The Balaban J connectivity index is 2.20. The Labute approximate surface area is 154 Å². The first kappa shape index (κ1) is 19.8. The van der Waals surface area contributed by atoms with Gasteiger partial charge in [-0.25, -0.2) is 4.79 Å². The second-order valence-electron chi connectivity index (χ2n) is 5.25. The van der Waals surface area contributed by atoms with Crippen molar-refractivity contribution in [2.45, 2.75) is 12.6 Å². The van der Waals surface area contributed by atoms with Crippen LogP contribution in [0, 0.1) is 0 Å². The maximum atomic E-state index is 13.2. The number of hydrogen-bond acceptors (Lipinski definition) is 3. The number of halogens is 4. The van der Waals surface area contributed by atoms with Crippen LogP contribution in [0.3, 0.4) is 0 Å². The van der Waals surface area contributed by atoms with Gasteiger partial charge in [0.1, 0.15) is 5.75 Å². The highest BCUT2D eigenvalue weighted by Crippen LogP contribution is 2.34. The molecule has 0 aliphatic rings. The summed E-state index contributed by atoms with van der Waals surface area (Å²) in [5.74, 6) is -1.78. The van der Waals surface area contributed by atoms with Gasteiger partial charge in [-0.1, -0.05) is 6.07 Å². The van der Waals surface area contributed by atoms with Crippen LogP contribution in [0.4, 0.5) is 18.9 Å². The highest BCUT2D eigenvalue weighted by atomic mass is 79.9. The summed E-state index contributed by atoms with van der Waals surface area (Å²) < 4.78 is 44.5. The summed E-state index contributed by atoms with van der Waals surface area (Å²) in [7, 11) is 1.25. The van der Waals surface area contributed by atoms with E-state index >= 15 is 0 Å². The van der Waals surface area contributed by atoms with Gasteiger partial charge in [-0.15, -0.1) is 0 Å². The van der Waals surface area contributed by atoms with E-state index in [1.54, 1.807) is 0 Å². The number of benzene rings is 2. The summed E-state index contributed by atoms with van der Waals surface area (Å²) in [6.45, 7) is 0. The molecule has 0 unspecified atom stereocenters. The fourth-order valence-corrected chi connectivity index (χ4v) is 2.79. The third-order valence-corrected chi connectivity index (χ3v) is 4.11. The number of aromatic carboxylic acids is 1. The molecule has 26 heavy (non-hydrogen) atoms. The van der Waals surface area contributed by atoms with E-state index < -0.39 is 30.0 Å². The van der Waals surface area contributed by atoms with Crippen LogP contribution in [-0.4, -0.2) is 24.1 Å². The van der Waals surface area contributed by atoms with Gasteiger partial charge >= 0.3 is 12.1 Å². The van der Waals surface area contributed by atoms with Crippen LogP contribution in [0.1, 0.15) is 21.5 Å². The third-order valence-electron chi connectivity index (χ3n) is 3.46. The van der Waals surface area contributed by atoms with Crippen LogP contribution in [-0.2, 0) is 17.4 Å². The molecule has 0 saturated heterocycles. The third kappa shape index (κ3) is 4.75. The fourth-order valence-electron chi connectivity index (χ4n) is 2.25. The van der Waals surface area contributed by atoms with E-state index in [9.17, 15) is 22.8 Å². The molecule has 0 aliphatic carbocycles. The smallest absolute Gasteiger partial charge is 0.416 e. The van der Waals surface area contributed by atoms with Gasteiger partial charge in [0.2, 0.25) is 5.91 Å². The van der Waals surface area contributed by atoms with Crippen molar-refractivity contribution in [1.29, 1.82) is 0 Å². The quantitative estimate of drug-likeness (QED) is 0.737. The second-order valence-corrected chi connectivity index (χ2v) is 6.10. The molecule has 9 heteroatoms. The molecule has 0 aromatic heterocycles. The van der Waals surface area contributed by atoms with Gasteiger partial charge in [0.15, 0.2) is 0 Å². The number of ether oxygens (including phenoxy) is 1. The zero-order valence-electron chi connectivity index (χ0n) is 13.4. The van der Waals surface area contributed by atoms with Crippen LogP contribution in [0.25, 0.3) is 0 Å². The molecule has 1 amide bonds. The van der Waals surface area contributed by atoms with Crippen LogP contribution in [0.2, 0.25) is 0 Å². The van der Waals surface area contributed by atoms with Gasteiger partial charge < -0.3 is 15.2 Å². The molecule has 2 aromatic rings. The molecule has 2 rings (SSSR count). The number of carbonyl (C=O) groups is 2. The lowest BCUT2D eigenvalue weighted by Crippen LogP contribution is -2.18. The number of rotatable bonds is 5. The number of carbonyl (C=O) groups excluding carboxylic acids is 1. The normalized spacial score (nSPS) is 11.1. The highest BCUT2D eigenvalue weighted by molar-refractivity contribution is 9.10. The molecule has 0 saturated carbocycles. The Bertz CT molecular complexity index is 852. The summed E-state index contributed by atoms with van der Waals surface area (Å²) in [4.78, 5) is 23.1. The van der Waals surface area contributed by atoms with E-state index in [2.05, 4.69) is 21.2 Å². The van der Waals surface area contributed by atoms with Gasteiger partial charge in [0.25, 0.3) is 0 Å². The molecular weight excluding hydrogens is 419 g/mol. The Hall–Kier alpha value is -2.55. The Kier molecular flexibility index (Phi) is 5.91. The zero-order chi connectivity index (χ0) is 19.5. The monoisotopic (exact) mass is 431 g/mol. The number of methoxy groups -OCH3 is 1. The number of nitrogens with one attached hydrogen (secondary N) is 1. The van der Waals surface area contributed by atoms with Gasteiger partial charge in [0, 0.05) is 10.2 Å². The molecule has 5 nitrogen and oxygen atoms in total. The van der Waals surface area contributed by atoms with Crippen molar-refractivity contribution >= 4 is 33.5 Å². The van der Waals surface area contributed by atoms with Crippen molar-refractivity contribution in [3.63, 3.8) is 0 Å². The lowest BCUT2D eigenvalue weighted by Gasteiger charge is -2.14. The summed E-state index contributed by atoms with van der Waals surface area (Å²) in [6.07, 6.45) is -5.13. The lowest BCUT2D eigenvalue weighted by molar-refractivity contribution is -0.138. The van der Waals surface area contributed by atoms with E-state index in [1.807, 2.05) is 0 Å². The zero-order valence-corrected chi connectivity index (χ0v) is 14.9. The molecule has 0 fully saturated rings. The van der Waals surface area contributed by atoms with E-state index in [-0.39, 0.29) is 27.0 Å². The molecular formula is C17H13BrF3NO4. The second kappa shape index (κ2) is 7.77. The maximum absolute atomic E-state index is 13.2. The van der Waals surface area contributed by atoms with Crippen molar-refractivity contribution < 1.29 is 32.6 Å². The molecule has 138 valence electrons. The van der Waals surface area contributed by atoms with E-state index in [0.29, 0.717) is 0 Å². The van der Waals surface area contributed by atoms with E-state index in [4.69, 9.17) is 9.84 Å². The average Bonchev–Trinajstić information content (AvgIpc) is 2.53. The van der Waals surface area contributed by atoms with Crippen LogP contribution >= 0.6 is 15.9 Å². The Morgan fingerprint density at radius 2 is 1.88 bits per heavy atom. The minimum atomic E-state index is -4.63. The number of hydrogen-bond donors (Lipinski definition) is 2. The topological polar surface area (TPSA) is 75.6 Å². The van der Waals surface area contributed by atoms with Gasteiger partial charge in [0.05, 0.1) is 24.7 Å². The Morgan fingerprint density at radius 3 is 2.42 bits per heavy atom. The van der Waals surface area contributed by atoms with Gasteiger partial charge in [-0.2, -0.15) is 13.2 Å². The average molecular weight is 432 g/mol. The summed E-state index contributed by atoms with van der Waals surface area (Å²) in [5.41, 5.74) is -0.891. The molecule has 0 atom stereocenters. The molecule has 0 aliphatic heterocycles. The molecule has 0 spiro atoms. The standard InChI is InChI=1S/C17H13BrF3NO4/c1-26-11-4-2-9(13(8-11)17(19,20)21)6-15(23)22-10-3-5-12(16(24)25)14(18)7-10/h2-5,7-8H,6H2,1H3,(H,22,23)(H,24,25). The summed E-state index contributed by atoms with van der Waals surface area (Å²) >= 11 is 3.06. The van der Waals surface area contributed by atoms with Crippen molar-refractivity contribution in [3.05, 3.63) is 57.6 Å². The highest BCUT2D eigenvalue weighted by Gasteiger charge is 2.34. The predicted molar refractivity (Wildman–Crippen MR) is 91.4 cm³/mol. The Morgan fingerprint density at radius 1 is 1.19 bits per heavy atom. The van der Waals surface area contributed by atoms with E-state index in [0.717, 1.165) is 6.07 Å². The van der Waals surface area contributed by atoms with Crippen LogP contribution < -0.4 is 10.1 Å². The fraction of sp³-hybridized carbons (Fsp3) is 0.176. The number of anilines is 1. The van der Waals surface area contributed by atoms with Crippen molar-refractivity contribution in [2.24, 2.45) is 0 Å². The first-order valence-electron chi connectivity index (χ1n) is 7.18. The van der Waals surface area contributed by atoms with Crippen LogP contribution in [0.5, 0.6) is 5.75 Å². The predicted octanol–water partition coefficient (Wildman–Crippen LogP) is 4.36. The molecule has 0 radical (unpaired) electrons. The maximum Gasteiger partial charge on any atom is 0.416 e. The van der Waals surface area contributed by atoms with Crippen molar-refractivity contribution in [2.75, 3.05) is 12.4 Å².